The number of sulfonamides is 1. The summed E-state index contributed by atoms with van der Waals surface area (Å²) in [6.07, 6.45) is 2.28. The van der Waals surface area contributed by atoms with Gasteiger partial charge in [0.2, 0.25) is 10.0 Å². The van der Waals surface area contributed by atoms with Crippen LogP contribution >= 0.6 is 0 Å². The van der Waals surface area contributed by atoms with E-state index in [1.54, 1.807) is 16.4 Å². The van der Waals surface area contributed by atoms with Crippen LogP contribution in [0, 0.1) is 24.2 Å². The lowest BCUT2D eigenvalue weighted by atomic mass is 9.69. The molecule has 0 amide bonds. The summed E-state index contributed by atoms with van der Waals surface area (Å²) in [7, 11) is -3.55. The lowest BCUT2D eigenvalue weighted by Gasteiger charge is -2.37. The van der Waals surface area contributed by atoms with Gasteiger partial charge in [0.25, 0.3) is 0 Å². The zero-order valence-corrected chi connectivity index (χ0v) is 19.1. The van der Waals surface area contributed by atoms with Gasteiger partial charge in [-0.1, -0.05) is 78.4 Å². The summed E-state index contributed by atoms with van der Waals surface area (Å²) >= 11 is 0. The molecule has 4 nitrogen and oxygen atoms in total. The molecule has 0 radical (unpaired) electrons. The van der Waals surface area contributed by atoms with Crippen LogP contribution in [-0.2, 0) is 15.4 Å². The smallest absolute Gasteiger partial charge is 0.207 e. The molecule has 164 valence electrons. The SMILES string of the molecule is Cc1ccc(S(=O)(=O)N2CCCC(CC(C#N)(c3ccccc3)c3ccccc3)C2)cc1. The van der Waals surface area contributed by atoms with E-state index in [1.165, 1.54) is 0 Å². The van der Waals surface area contributed by atoms with Gasteiger partial charge in [0.15, 0.2) is 0 Å². The van der Waals surface area contributed by atoms with Crippen molar-refractivity contribution in [1.82, 2.24) is 4.31 Å². The van der Waals surface area contributed by atoms with Gasteiger partial charge in [-0.3, -0.25) is 0 Å². The second-order valence-corrected chi connectivity index (χ2v) is 10.6. The van der Waals surface area contributed by atoms with Crippen LogP contribution in [0.1, 0.15) is 36.0 Å². The Morgan fingerprint density at radius 2 is 1.50 bits per heavy atom. The van der Waals surface area contributed by atoms with Gasteiger partial charge in [0.05, 0.1) is 11.0 Å². The van der Waals surface area contributed by atoms with E-state index in [0.29, 0.717) is 24.4 Å². The van der Waals surface area contributed by atoms with E-state index in [9.17, 15) is 13.7 Å². The van der Waals surface area contributed by atoms with Gasteiger partial charge in [-0.05, 0) is 55.4 Å². The maximum Gasteiger partial charge on any atom is 0.243 e. The van der Waals surface area contributed by atoms with Gasteiger partial charge >= 0.3 is 0 Å². The Balaban J connectivity index is 1.65. The van der Waals surface area contributed by atoms with E-state index in [0.717, 1.165) is 29.5 Å². The molecule has 0 aromatic heterocycles. The molecule has 0 N–H and O–H groups in total. The van der Waals surface area contributed by atoms with Crippen LogP contribution in [0.3, 0.4) is 0 Å². The number of hydrogen-bond donors (Lipinski definition) is 0. The van der Waals surface area contributed by atoms with Gasteiger partial charge in [-0.25, -0.2) is 8.42 Å². The lowest BCUT2D eigenvalue weighted by Crippen LogP contribution is -2.42. The van der Waals surface area contributed by atoms with Crippen molar-refractivity contribution in [1.29, 1.82) is 5.26 Å². The highest BCUT2D eigenvalue weighted by Gasteiger charge is 2.39. The summed E-state index contributed by atoms with van der Waals surface area (Å²) < 4.78 is 28.2. The average Bonchev–Trinajstić information content (AvgIpc) is 2.84. The minimum atomic E-state index is -3.55. The second kappa shape index (κ2) is 9.28. The van der Waals surface area contributed by atoms with Crippen molar-refractivity contribution < 1.29 is 8.42 Å². The standard InChI is InChI=1S/C27H28N2O2S/c1-22-14-16-26(17-15-22)32(30,31)29-18-8-9-23(20-29)19-27(21-28,24-10-4-2-5-11-24)25-12-6-3-7-13-25/h2-7,10-17,23H,8-9,18-20H2,1H3. The molecule has 1 aliphatic heterocycles. The number of piperidine rings is 1. The van der Waals surface area contributed by atoms with Gasteiger partial charge in [0.1, 0.15) is 5.41 Å². The number of nitriles is 1. The van der Waals surface area contributed by atoms with Crippen LogP contribution in [0.4, 0.5) is 0 Å². The highest BCUT2D eigenvalue weighted by Crippen LogP contribution is 2.40. The third kappa shape index (κ3) is 4.34. The quantitative estimate of drug-likeness (QED) is 0.519. The predicted molar refractivity (Wildman–Crippen MR) is 127 cm³/mol. The Bertz CT molecular complexity index is 1140. The molecule has 1 unspecified atom stereocenters. The Hall–Kier alpha value is -2.94. The Kier molecular flexibility index (Phi) is 6.45. The molecule has 1 aliphatic rings. The molecule has 1 fully saturated rings. The van der Waals surface area contributed by atoms with E-state index >= 15 is 0 Å². The highest BCUT2D eigenvalue weighted by molar-refractivity contribution is 7.89. The third-order valence-corrected chi connectivity index (χ3v) is 8.34. The number of hydrogen-bond acceptors (Lipinski definition) is 3. The Morgan fingerprint density at radius 1 is 0.938 bits per heavy atom. The zero-order chi connectivity index (χ0) is 22.6. The van der Waals surface area contributed by atoms with E-state index < -0.39 is 15.4 Å². The molecule has 32 heavy (non-hydrogen) atoms. The molecule has 3 aromatic carbocycles. The normalized spacial score (nSPS) is 17.6. The van der Waals surface area contributed by atoms with Crippen molar-refractivity contribution in [2.24, 2.45) is 5.92 Å². The first kappa shape index (κ1) is 22.3. The first-order chi connectivity index (χ1) is 15.5. The summed E-state index contributed by atoms with van der Waals surface area (Å²) in [6.45, 7) is 2.89. The van der Waals surface area contributed by atoms with Crippen LogP contribution in [0.5, 0.6) is 0 Å². The first-order valence-corrected chi connectivity index (χ1v) is 12.5. The van der Waals surface area contributed by atoms with Crippen molar-refractivity contribution in [3.63, 3.8) is 0 Å². The van der Waals surface area contributed by atoms with Crippen molar-refractivity contribution in [2.75, 3.05) is 13.1 Å². The molecule has 1 atom stereocenters. The van der Waals surface area contributed by atoms with E-state index in [2.05, 4.69) is 6.07 Å². The van der Waals surface area contributed by atoms with Gasteiger partial charge < -0.3 is 0 Å². The van der Waals surface area contributed by atoms with Crippen molar-refractivity contribution in [3.05, 3.63) is 102 Å². The van der Waals surface area contributed by atoms with Crippen LogP contribution in [-0.4, -0.2) is 25.8 Å². The van der Waals surface area contributed by atoms with Crippen molar-refractivity contribution in [3.8, 4) is 6.07 Å². The minimum Gasteiger partial charge on any atom is -0.207 e. The molecule has 0 spiro atoms. The van der Waals surface area contributed by atoms with Gasteiger partial charge in [0, 0.05) is 13.1 Å². The maximum atomic E-state index is 13.3. The Labute approximate surface area is 191 Å². The number of aryl methyl sites for hydroxylation is 1. The van der Waals surface area contributed by atoms with E-state index in [1.807, 2.05) is 79.7 Å². The fraction of sp³-hybridized carbons (Fsp3) is 0.296. The van der Waals surface area contributed by atoms with Crippen LogP contribution in [0.25, 0.3) is 0 Å². The average molecular weight is 445 g/mol. The molecular formula is C27H28N2O2S. The highest BCUT2D eigenvalue weighted by atomic mass is 32.2. The molecular weight excluding hydrogens is 416 g/mol. The molecule has 0 aliphatic carbocycles. The van der Waals surface area contributed by atoms with E-state index in [-0.39, 0.29) is 5.92 Å². The van der Waals surface area contributed by atoms with Crippen molar-refractivity contribution in [2.45, 2.75) is 36.5 Å². The predicted octanol–water partition coefficient (Wildman–Crippen LogP) is 5.30. The largest absolute Gasteiger partial charge is 0.243 e. The summed E-state index contributed by atoms with van der Waals surface area (Å²) in [5.41, 5.74) is 2.12. The molecule has 1 heterocycles. The first-order valence-electron chi connectivity index (χ1n) is 11.0. The topological polar surface area (TPSA) is 61.2 Å². The van der Waals surface area contributed by atoms with E-state index in [4.69, 9.17) is 0 Å². The van der Waals surface area contributed by atoms with Crippen LogP contribution in [0.15, 0.2) is 89.8 Å². The molecule has 4 rings (SSSR count). The lowest BCUT2D eigenvalue weighted by molar-refractivity contribution is 0.239. The van der Waals surface area contributed by atoms with Crippen molar-refractivity contribution >= 4 is 10.0 Å². The molecule has 3 aromatic rings. The number of rotatable bonds is 6. The fourth-order valence-electron chi connectivity index (χ4n) is 4.73. The third-order valence-electron chi connectivity index (χ3n) is 6.46. The number of benzene rings is 3. The Morgan fingerprint density at radius 3 is 2.03 bits per heavy atom. The molecule has 5 heteroatoms. The summed E-state index contributed by atoms with van der Waals surface area (Å²) in [6, 6.07) is 29.4. The summed E-state index contributed by atoms with van der Waals surface area (Å²) in [5.74, 6) is 0.0871. The van der Waals surface area contributed by atoms with Gasteiger partial charge in [-0.2, -0.15) is 9.57 Å². The minimum absolute atomic E-state index is 0.0871. The molecule has 0 saturated carbocycles. The monoisotopic (exact) mass is 444 g/mol. The summed E-state index contributed by atoms with van der Waals surface area (Å²) in [4.78, 5) is 0.335. The number of nitrogens with zero attached hydrogens (tertiary/aromatic N) is 2. The van der Waals surface area contributed by atoms with Gasteiger partial charge in [-0.15, -0.1) is 0 Å². The molecule has 0 bridgehead atoms. The van der Waals surface area contributed by atoms with Crippen LogP contribution < -0.4 is 0 Å². The fourth-order valence-corrected chi connectivity index (χ4v) is 6.28. The maximum absolute atomic E-state index is 13.3. The molecule has 1 saturated heterocycles. The zero-order valence-electron chi connectivity index (χ0n) is 18.3. The second-order valence-electron chi connectivity index (χ2n) is 8.64. The summed E-state index contributed by atoms with van der Waals surface area (Å²) in [5, 5.41) is 10.5. The van der Waals surface area contributed by atoms with Crippen LogP contribution in [0.2, 0.25) is 0 Å².